The zero-order valence-electron chi connectivity index (χ0n) is 15.0. The third-order valence-electron chi connectivity index (χ3n) is 5.02. The minimum absolute atomic E-state index is 0.109. The Morgan fingerprint density at radius 3 is 2.48 bits per heavy atom. The van der Waals surface area contributed by atoms with Crippen LogP contribution >= 0.6 is 0 Å². The van der Waals surface area contributed by atoms with Crippen LogP contribution in [-0.4, -0.2) is 24.0 Å². The van der Waals surface area contributed by atoms with Gasteiger partial charge in [0.15, 0.2) is 6.61 Å². The Balaban J connectivity index is 1.97. The van der Waals surface area contributed by atoms with Crippen LogP contribution in [-0.2, 0) is 14.3 Å². The van der Waals surface area contributed by atoms with Gasteiger partial charge in [-0.05, 0) is 37.2 Å². The number of benzene rings is 1. The van der Waals surface area contributed by atoms with E-state index in [-0.39, 0.29) is 12.5 Å². The lowest BCUT2D eigenvalue weighted by Crippen LogP contribution is -2.47. The monoisotopic (exact) mass is 342 g/mol. The summed E-state index contributed by atoms with van der Waals surface area (Å²) in [7, 11) is 0. The van der Waals surface area contributed by atoms with Gasteiger partial charge in [0.2, 0.25) is 0 Å². The van der Waals surface area contributed by atoms with Crippen molar-refractivity contribution in [3.63, 3.8) is 0 Å². The van der Waals surface area contributed by atoms with E-state index in [9.17, 15) is 14.9 Å². The summed E-state index contributed by atoms with van der Waals surface area (Å²) in [6.07, 6.45) is 4.00. The number of carbonyl (C=O) groups excluding carboxylic acids is 2. The molecule has 2 rings (SSSR count). The summed E-state index contributed by atoms with van der Waals surface area (Å²) in [5, 5.41) is 12.1. The topological polar surface area (TPSA) is 79.2 Å². The van der Waals surface area contributed by atoms with Crippen LogP contribution in [0, 0.1) is 17.2 Å². The SMILES string of the molecule is CC[C@@H](C)[C@H](C(=O)OCC(=O)NC1(C#N)CCCC1)c1ccccc1. The van der Waals surface area contributed by atoms with Gasteiger partial charge in [-0.1, -0.05) is 50.6 Å². The van der Waals surface area contributed by atoms with E-state index in [1.165, 1.54) is 0 Å². The summed E-state index contributed by atoms with van der Waals surface area (Å²) < 4.78 is 5.28. The average molecular weight is 342 g/mol. The fourth-order valence-corrected chi connectivity index (χ4v) is 3.37. The molecular formula is C20H26N2O3. The van der Waals surface area contributed by atoms with Crippen LogP contribution in [0.5, 0.6) is 0 Å². The second-order valence-electron chi connectivity index (χ2n) is 6.83. The lowest BCUT2D eigenvalue weighted by molar-refractivity contribution is -0.151. The van der Waals surface area contributed by atoms with Crippen LogP contribution in [0.1, 0.15) is 57.4 Å². The zero-order valence-corrected chi connectivity index (χ0v) is 15.0. The Morgan fingerprint density at radius 1 is 1.28 bits per heavy atom. The predicted molar refractivity (Wildman–Crippen MR) is 94.6 cm³/mol. The molecule has 1 saturated carbocycles. The van der Waals surface area contributed by atoms with Gasteiger partial charge >= 0.3 is 5.97 Å². The second kappa shape index (κ2) is 8.66. The van der Waals surface area contributed by atoms with Crippen LogP contribution in [0.25, 0.3) is 0 Å². The fourth-order valence-electron chi connectivity index (χ4n) is 3.37. The van der Waals surface area contributed by atoms with E-state index in [2.05, 4.69) is 11.4 Å². The van der Waals surface area contributed by atoms with Gasteiger partial charge in [-0.2, -0.15) is 5.26 Å². The molecule has 0 radical (unpaired) electrons. The van der Waals surface area contributed by atoms with Gasteiger partial charge in [-0.15, -0.1) is 0 Å². The highest BCUT2D eigenvalue weighted by atomic mass is 16.5. The maximum absolute atomic E-state index is 12.6. The van der Waals surface area contributed by atoms with Crippen LogP contribution in [0.2, 0.25) is 0 Å². The molecule has 2 atom stereocenters. The lowest BCUT2D eigenvalue weighted by Gasteiger charge is -2.24. The Bertz CT molecular complexity index is 630. The first-order valence-electron chi connectivity index (χ1n) is 8.95. The minimum Gasteiger partial charge on any atom is -0.455 e. The molecule has 134 valence electrons. The van der Waals surface area contributed by atoms with Gasteiger partial charge in [0, 0.05) is 0 Å². The second-order valence-corrected chi connectivity index (χ2v) is 6.83. The Kier molecular flexibility index (Phi) is 6.58. The van der Waals surface area contributed by atoms with Gasteiger partial charge in [-0.3, -0.25) is 9.59 Å². The van der Waals surface area contributed by atoms with E-state index < -0.39 is 23.3 Å². The number of ether oxygens (including phenoxy) is 1. The molecule has 0 aliphatic heterocycles. The van der Waals surface area contributed by atoms with E-state index in [4.69, 9.17) is 4.74 Å². The van der Waals surface area contributed by atoms with Crippen molar-refractivity contribution >= 4 is 11.9 Å². The molecule has 1 aliphatic rings. The normalized spacial score (nSPS) is 18.0. The van der Waals surface area contributed by atoms with E-state index >= 15 is 0 Å². The molecule has 0 unspecified atom stereocenters. The zero-order chi connectivity index (χ0) is 18.3. The fraction of sp³-hybridized carbons (Fsp3) is 0.550. The first-order valence-corrected chi connectivity index (χ1v) is 8.95. The molecule has 0 heterocycles. The van der Waals surface area contributed by atoms with Crippen LogP contribution in [0.3, 0.4) is 0 Å². The van der Waals surface area contributed by atoms with Gasteiger partial charge in [-0.25, -0.2) is 0 Å². The first kappa shape index (κ1) is 19.0. The van der Waals surface area contributed by atoms with Gasteiger partial charge in [0.25, 0.3) is 5.91 Å². The van der Waals surface area contributed by atoms with E-state index in [1.54, 1.807) is 0 Å². The van der Waals surface area contributed by atoms with Crippen molar-refractivity contribution in [2.24, 2.45) is 5.92 Å². The van der Waals surface area contributed by atoms with Crippen molar-refractivity contribution in [1.29, 1.82) is 5.26 Å². The summed E-state index contributed by atoms with van der Waals surface area (Å²) in [5.41, 5.74) is 0.102. The molecule has 0 saturated heterocycles. The van der Waals surface area contributed by atoms with Crippen molar-refractivity contribution in [3.8, 4) is 6.07 Å². The lowest BCUT2D eigenvalue weighted by atomic mass is 9.86. The Morgan fingerprint density at radius 2 is 1.92 bits per heavy atom. The molecule has 0 aromatic heterocycles. The summed E-state index contributed by atoms with van der Waals surface area (Å²) >= 11 is 0. The number of hydrogen-bond acceptors (Lipinski definition) is 4. The Hall–Kier alpha value is -2.35. The number of nitrogens with zero attached hydrogens (tertiary/aromatic N) is 1. The highest BCUT2D eigenvalue weighted by Crippen LogP contribution is 2.29. The molecule has 1 N–H and O–H groups in total. The summed E-state index contributed by atoms with van der Waals surface area (Å²) in [4.78, 5) is 24.7. The molecule has 1 aromatic carbocycles. The number of rotatable bonds is 7. The van der Waals surface area contributed by atoms with Crippen LogP contribution in [0.15, 0.2) is 30.3 Å². The Labute approximate surface area is 149 Å². The molecule has 5 heteroatoms. The largest absolute Gasteiger partial charge is 0.455 e. The quantitative estimate of drug-likeness (QED) is 0.771. The summed E-state index contributed by atoms with van der Waals surface area (Å²) in [5.74, 6) is -1.09. The maximum Gasteiger partial charge on any atom is 0.314 e. The average Bonchev–Trinajstić information content (AvgIpc) is 3.10. The summed E-state index contributed by atoms with van der Waals surface area (Å²) in [6, 6.07) is 11.7. The molecule has 0 spiro atoms. The van der Waals surface area contributed by atoms with Crippen molar-refractivity contribution in [2.75, 3.05) is 6.61 Å². The molecule has 1 aliphatic carbocycles. The van der Waals surface area contributed by atoms with Crippen LogP contribution < -0.4 is 5.32 Å². The number of nitriles is 1. The number of amides is 1. The van der Waals surface area contributed by atoms with Gasteiger partial charge < -0.3 is 10.1 Å². The predicted octanol–water partition coefficient (Wildman–Crippen LogP) is 3.31. The van der Waals surface area contributed by atoms with Crippen molar-refractivity contribution < 1.29 is 14.3 Å². The molecule has 1 aromatic rings. The molecule has 1 fully saturated rings. The van der Waals surface area contributed by atoms with Gasteiger partial charge in [0.1, 0.15) is 5.54 Å². The van der Waals surface area contributed by atoms with Crippen LogP contribution in [0.4, 0.5) is 0 Å². The minimum atomic E-state index is -0.793. The maximum atomic E-state index is 12.6. The van der Waals surface area contributed by atoms with E-state index in [0.29, 0.717) is 12.8 Å². The number of nitrogens with one attached hydrogen (secondary N) is 1. The van der Waals surface area contributed by atoms with Crippen molar-refractivity contribution in [2.45, 2.75) is 57.4 Å². The van der Waals surface area contributed by atoms with E-state index in [0.717, 1.165) is 24.8 Å². The first-order chi connectivity index (χ1) is 12.0. The third-order valence-corrected chi connectivity index (χ3v) is 5.02. The third kappa shape index (κ3) is 4.82. The smallest absolute Gasteiger partial charge is 0.314 e. The molecule has 25 heavy (non-hydrogen) atoms. The summed E-state index contributed by atoms with van der Waals surface area (Å²) in [6.45, 7) is 3.68. The van der Waals surface area contributed by atoms with Crippen molar-refractivity contribution in [1.82, 2.24) is 5.32 Å². The molecular weight excluding hydrogens is 316 g/mol. The molecule has 5 nitrogen and oxygen atoms in total. The number of hydrogen-bond donors (Lipinski definition) is 1. The van der Waals surface area contributed by atoms with E-state index in [1.807, 2.05) is 44.2 Å². The highest BCUT2D eigenvalue weighted by Gasteiger charge is 2.36. The number of esters is 1. The molecule has 0 bridgehead atoms. The number of carbonyl (C=O) groups is 2. The van der Waals surface area contributed by atoms with Crippen molar-refractivity contribution in [3.05, 3.63) is 35.9 Å². The highest BCUT2D eigenvalue weighted by molar-refractivity contribution is 5.84. The molecule has 1 amide bonds. The standard InChI is InChI=1S/C20H26N2O3/c1-3-15(2)18(16-9-5-4-6-10-16)19(24)25-13-17(23)22-20(14-21)11-7-8-12-20/h4-6,9-10,15,18H,3,7-8,11-13H2,1-2H3,(H,22,23)/t15-,18+/m1/s1. The van der Waals surface area contributed by atoms with Gasteiger partial charge in [0.05, 0.1) is 12.0 Å².